The van der Waals surface area contributed by atoms with E-state index in [1.54, 1.807) is 24.3 Å². The molecule has 0 spiro atoms. The largest absolute Gasteiger partial charge is 0.349 e. The lowest BCUT2D eigenvalue weighted by molar-refractivity contribution is -0.119. The minimum atomic E-state index is -0.288. The molecule has 0 radical (unpaired) electrons. The molecule has 0 aliphatic heterocycles. The Balaban J connectivity index is 1.78. The Bertz CT molecular complexity index is 679. The van der Waals surface area contributed by atoms with Crippen LogP contribution in [0.15, 0.2) is 42.5 Å². The normalized spacial score (nSPS) is 12.0. The summed E-state index contributed by atoms with van der Waals surface area (Å²) < 4.78 is 12.9. The van der Waals surface area contributed by atoms with Gasteiger partial charge in [0.25, 0.3) is 0 Å². The maximum Gasteiger partial charge on any atom is 0.230 e. The highest BCUT2D eigenvalue weighted by molar-refractivity contribution is 7.99. The molecule has 0 fully saturated rings. The molecule has 2 rings (SSSR count). The molecule has 1 atom stereocenters. The van der Waals surface area contributed by atoms with Crippen LogP contribution in [0.25, 0.3) is 0 Å². The number of halogens is 3. The molecule has 122 valence electrons. The molecule has 1 amide bonds. The summed E-state index contributed by atoms with van der Waals surface area (Å²) in [5, 5.41) is 3.93. The minimum absolute atomic E-state index is 0.0631. The Kier molecular flexibility index (Phi) is 6.75. The van der Waals surface area contributed by atoms with E-state index in [0.29, 0.717) is 21.6 Å². The lowest BCUT2D eigenvalue weighted by Gasteiger charge is -2.14. The first-order chi connectivity index (χ1) is 11.0. The Morgan fingerprint density at radius 2 is 1.87 bits per heavy atom. The summed E-state index contributed by atoms with van der Waals surface area (Å²) in [6.07, 6.45) is 0. The number of hydrogen-bond acceptors (Lipinski definition) is 2. The number of carbonyl (C=O) groups excluding carboxylic acids is 1. The molecule has 2 nitrogen and oxygen atoms in total. The number of rotatable bonds is 6. The maximum absolute atomic E-state index is 12.9. The van der Waals surface area contributed by atoms with E-state index in [2.05, 4.69) is 5.32 Å². The van der Waals surface area contributed by atoms with Crippen LogP contribution in [0.1, 0.15) is 24.1 Å². The molecular formula is C17H16Cl2FNOS. The van der Waals surface area contributed by atoms with Crippen molar-refractivity contribution in [1.29, 1.82) is 0 Å². The average Bonchev–Trinajstić information content (AvgIpc) is 2.51. The zero-order valence-corrected chi connectivity index (χ0v) is 14.8. The molecular weight excluding hydrogens is 356 g/mol. The summed E-state index contributed by atoms with van der Waals surface area (Å²) in [5.41, 5.74) is 1.89. The zero-order valence-electron chi connectivity index (χ0n) is 12.5. The minimum Gasteiger partial charge on any atom is -0.349 e. The summed E-state index contributed by atoms with van der Waals surface area (Å²) >= 11 is 13.3. The average molecular weight is 372 g/mol. The van der Waals surface area contributed by atoms with Crippen molar-refractivity contribution < 1.29 is 9.18 Å². The van der Waals surface area contributed by atoms with Crippen molar-refractivity contribution in [2.45, 2.75) is 18.7 Å². The van der Waals surface area contributed by atoms with Crippen molar-refractivity contribution in [2.75, 3.05) is 5.75 Å². The number of thioether (sulfide) groups is 1. The number of hydrogen-bond donors (Lipinski definition) is 1. The van der Waals surface area contributed by atoms with E-state index in [9.17, 15) is 9.18 Å². The highest BCUT2D eigenvalue weighted by Crippen LogP contribution is 2.24. The fraction of sp³-hybridized carbons (Fsp3) is 0.235. The molecule has 0 bridgehead atoms. The van der Waals surface area contributed by atoms with Crippen molar-refractivity contribution in [3.8, 4) is 0 Å². The molecule has 0 saturated heterocycles. The van der Waals surface area contributed by atoms with Gasteiger partial charge in [-0.05, 0) is 42.3 Å². The molecule has 0 aliphatic carbocycles. The molecule has 0 aliphatic rings. The quantitative estimate of drug-likeness (QED) is 0.751. The summed E-state index contributed by atoms with van der Waals surface area (Å²) in [7, 11) is 0. The number of benzene rings is 2. The van der Waals surface area contributed by atoms with Crippen LogP contribution in [-0.2, 0) is 10.5 Å². The van der Waals surface area contributed by atoms with Crippen LogP contribution < -0.4 is 5.32 Å². The van der Waals surface area contributed by atoms with Gasteiger partial charge in [0.05, 0.1) is 21.8 Å². The predicted molar refractivity (Wildman–Crippen MR) is 95.6 cm³/mol. The molecule has 2 aromatic rings. The summed E-state index contributed by atoms with van der Waals surface area (Å²) in [5.74, 6) is 0.664. The van der Waals surface area contributed by atoms with Crippen molar-refractivity contribution in [3.05, 3.63) is 69.5 Å². The van der Waals surface area contributed by atoms with Crippen LogP contribution in [0.4, 0.5) is 4.39 Å². The second-order valence-electron chi connectivity index (χ2n) is 5.08. The molecule has 23 heavy (non-hydrogen) atoms. The van der Waals surface area contributed by atoms with E-state index in [-0.39, 0.29) is 17.8 Å². The second-order valence-corrected chi connectivity index (χ2v) is 6.88. The van der Waals surface area contributed by atoms with E-state index in [4.69, 9.17) is 23.2 Å². The third-order valence-electron chi connectivity index (χ3n) is 3.23. The lowest BCUT2D eigenvalue weighted by atomic mass is 10.1. The van der Waals surface area contributed by atoms with Crippen LogP contribution in [0.2, 0.25) is 10.0 Å². The number of carbonyl (C=O) groups is 1. The first-order valence-electron chi connectivity index (χ1n) is 7.02. The van der Waals surface area contributed by atoms with Crippen LogP contribution in [0.5, 0.6) is 0 Å². The van der Waals surface area contributed by atoms with Gasteiger partial charge in [-0.1, -0.05) is 41.4 Å². The SMILES string of the molecule is CC(NC(=O)CSCc1ccc(Cl)c(Cl)c1)c1ccc(F)cc1. The molecule has 1 N–H and O–H groups in total. The Morgan fingerprint density at radius 1 is 1.17 bits per heavy atom. The monoisotopic (exact) mass is 371 g/mol. The summed E-state index contributed by atoms with van der Waals surface area (Å²) in [4.78, 5) is 12.0. The molecule has 6 heteroatoms. The van der Waals surface area contributed by atoms with Gasteiger partial charge in [0.1, 0.15) is 5.82 Å². The summed E-state index contributed by atoms with van der Waals surface area (Å²) in [6.45, 7) is 1.87. The van der Waals surface area contributed by atoms with E-state index in [1.807, 2.05) is 13.0 Å². The van der Waals surface area contributed by atoms with E-state index in [1.165, 1.54) is 23.9 Å². The predicted octanol–water partition coefficient (Wildman–Crippen LogP) is 5.24. The van der Waals surface area contributed by atoms with Gasteiger partial charge >= 0.3 is 0 Å². The molecule has 2 aromatic carbocycles. The Morgan fingerprint density at radius 3 is 2.52 bits per heavy atom. The van der Waals surface area contributed by atoms with Gasteiger partial charge in [0, 0.05) is 5.75 Å². The molecule has 0 aromatic heterocycles. The first kappa shape index (κ1) is 18.1. The van der Waals surface area contributed by atoms with Crippen molar-refractivity contribution in [1.82, 2.24) is 5.32 Å². The molecule has 0 saturated carbocycles. The maximum atomic E-state index is 12.9. The zero-order chi connectivity index (χ0) is 16.8. The van der Waals surface area contributed by atoms with E-state index >= 15 is 0 Å². The van der Waals surface area contributed by atoms with Gasteiger partial charge in [-0.3, -0.25) is 4.79 Å². The highest BCUT2D eigenvalue weighted by atomic mass is 35.5. The van der Waals surface area contributed by atoms with E-state index in [0.717, 1.165) is 11.1 Å². The first-order valence-corrected chi connectivity index (χ1v) is 8.93. The fourth-order valence-corrected chi connectivity index (χ4v) is 3.12. The van der Waals surface area contributed by atoms with Gasteiger partial charge in [-0.2, -0.15) is 0 Å². The standard InChI is InChI=1S/C17H16Cl2FNOS/c1-11(13-3-5-14(20)6-4-13)21-17(22)10-23-9-12-2-7-15(18)16(19)8-12/h2-8,11H,9-10H2,1H3,(H,21,22). The van der Waals surface area contributed by atoms with Gasteiger partial charge in [0.2, 0.25) is 5.91 Å². The van der Waals surface area contributed by atoms with Crippen LogP contribution in [0.3, 0.4) is 0 Å². The van der Waals surface area contributed by atoms with Crippen LogP contribution in [-0.4, -0.2) is 11.7 Å². The van der Waals surface area contributed by atoms with Crippen LogP contribution in [0, 0.1) is 5.82 Å². The second kappa shape index (κ2) is 8.57. The van der Waals surface area contributed by atoms with E-state index < -0.39 is 0 Å². The van der Waals surface area contributed by atoms with Gasteiger partial charge in [-0.15, -0.1) is 11.8 Å². The van der Waals surface area contributed by atoms with Crippen molar-refractivity contribution in [2.24, 2.45) is 0 Å². The Labute approximate surface area is 149 Å². The third-order valence-corrected chi connectivity index (χ3v) is 4.98. The third kappa shape index (κ3) is 5.72. The molecule has 1 unspecified atom stereocenters. The smallest absolute Gasteiger partial charge is 0.230 e. The highest BCUT2D eigenvalue weighted by Gasteiger charge is 2.10. The van der Waals surface area contributed by atoms with Crippen molar-refractivity contribution >= 4 is 40.9 Å². The Hall–Kier alpha value is -1.23. The number of nitrogens with one attached hydrogen (secondary N) is 1. The van der Waals surface area contributed by atoms with Crippen molar-refractivity contribution in [3.63, 3.8) is 0 Å². The molecule has 0 heterocycles. The fourth-order valence-electron chi connectivity index (χ4n) is 2.01. The van der Waals surface area contributed by atoms with Gasteiger partial charge < -0.3 is 5.32 Å². The topological polar surface area (TPSA) is 29.1 Å². The lowest BCUT2D eigenvalue weighted by Crippen LogP contribution is -2.28. The summed E-state index contributed by atoms with van der Waals surface area (Å²) in [6, 6.07) is 11.4. The number of amides is 1. The van der Waals surface area contributed by atoms with Gasteiger partial charge in [0.15, 0.2) is 0 Å². The van der Waals surface area contributed by atoms with Gasteiger partial charge in [-0.25, -0.2) is 4.39 Å². The van der Waals surface area contributed by atoms with Crippen LogP contribution >= 0.6 is 35.0 Å².